The minimum Gasteiger partial charge on any atom is -0.293 e. The van der Waals surface area contributed by atoms with Gasteiger partial charge in [-0.1, -0.05) is 6.42 Å². The van der Waals surface area contributed by atoms with E-state index >= 15 is 0 Å². The lowest BCUT2D eigenvalue weighted by Crippen LogP contribution is -2.53. The Labute approximate surface area is 223 Å². The first-order valence-electron chi connectivity index (χ1n) is 12.9. The average Bonchev–Trinajstić information content (AvgIpc) is 3.28. The number of fused-ring (bicyclic) bond motifs is 1. The van der Waals surface area contributed by atoms with Gasteiger partial charge in [-0.3, -0.25) is 4.90 Å². The van der Waals surface area contributed by atoms with Gasteiger partial charge in [-0.05, 0) is 80.1 Å². The van der Waals surface area contributed by atoms with E-state index in [0.29, 0.717) is 25.6 Å². The number of rotatable bonds is 7. The van der Waals surface area contributed by atoms with Gasteiger partial charge in [0, 0.05) is 51.4 Å². The lowest BCUT2D eigenvalue weighted by atomic mass is 9.84. The highest BCUT2D eigenvalue weighted by Crippen LogP contribution is 2.36. The molecule has 1 aliphatic heterocycles. The van der Waals surface area contributed by atoms with Crippen LogP contribution in [0.5, 0.6) is 0 Å². The summed E-state index contributed by atoms with van der Waals surface area (Å²) < 4.78 is 43.7. The number of hydrazone groups is 2. The van der Waals surface area contributed by atoms with Crippen molar-refractivity contribution in [2.24, 2.45) is 16.1 Å². The Hall–Kier alpha value is -3.15. The smallest absolute Gasteiger partial charge is 0.258 e. The van der Waals surface area contributed by atoms with Crippen LogP contribution in [0.1, 0.15) is 43.4 Å². The van der Waals surface area contributed by atoms with Crippen LogP contribution in [0.3, 0.4) is 0 Å². The predicted molar refractivity (Wildman–Crippen MR) is 148 cm³/mol. The lowest BCUT2D eigenvalue weighted by Gasteiger charge is -2.44. The molecule has 2 heterocycles. The number of hydrogen-bond acceptors (Lipinski definition) is 7. The molecule has 0 N–H and O–H groups in total. The molecule has 0 amide bonds. The molecule has 1 atom stereocenters. The number of hydrogen-bond donors (Lipinski definition) is 0. The summed E-state index contributed by atoms with van der Waals surface area (Å²) in [5.74, 6) is 0.362. The molecule has 202 valence electrons. The number of piperazine rings is 1. The van der Waals surface area contributed by atoms with Gasteiger partial charge in [-0.25, -0.2) is 17.5 Å². The molecule has 0 unspecified atom stereocenters. The van der Waals surface area contributed by atoms with Crippen LogP contribution in [0.4, 0.5) is 4.39 Å². The van der Waals surface area contributed by atoms with Crippen molar-refractivity contribution < 1.29 is 12.8 Å². The van der Waals surface area contributed by atoms with Crippen molar-refractivity contribution in [3.8, 4) is 5.69 Å². The summed E-state index contributed by atoms with van der Waals surface area (Å²) in [7, 11) is -2.21. The molecule has 38 heavy (non-hydrogen) atoms. The maximum absolute atomic E-state index is 13.5. The maximum atomic E-state index is 13.5. The SMILES string of the molecule is C=NN(C)/N=C(\C)S(=O)(=O)N1CCN(CC2CCC2)[C@@H](c2cc3cnn(-c4ccc(F)cc4)c3cc2C)C1. The van der Waals surface area contributed by atoms with Crippen molar-refractivity contribution in [1.29, 1.82) is 0 Å². The molecule has 1 saturated heterocycles. The van der Waals surface area contributed by atoms with E-state index in [1.165, 1.54) is 42.6 Å². The van der Waals surface area contributed by atoms with Crippen LogP contribution in [0.2, 0.25) is 0 Å². The second-order valence-corrected chi connectivity index (χ2v) is 12.3. The van der Waals surface area contributed by atoms with Gasteiger partial charge in [0.25, 0.3) is 10.0 Å². The van der Waals surface area contributed by atoms with E-state index in [1.807, 2.05) is 6.20 Å². The van der Waals surface area contributed by atoms with Gasteiger partial charge >= 0.3 is 0 Å². The molecule has 3 aromatic rings. The Morgan fingerprint density at radius 3 is 2.61 bits per heavy atom. The third kappa shape index (κ3) is 5.10. The van der Waals surface area contributed by atoms with E-state index in [9.17, 15) is 12.8 Å². The van der Waals surface area contributed by atoms with Gasteiger partial charge in [0.2, 0.25) is 0 Å². The number of benzene rings is 2. The highest BCUT2D eigenvalue weighted by Gasteiger charge is 2.38. The van der Waals surface area contributed by atoms with Crippen LogP contribution in [0, 0.1) is 18.7 Å². The minimum absolute atomic E-state index is 0.00802. The summed E-state index contributed by atoms with van der Waals surface area (Å²) in [5.41, 5.74) is 3.86. The first-order chi connectivity index (χ1) is 18.2. The van der Waals surface area contributed by atoms with E-state index in [0.717, 1.165) is 39.4 Å². The number of halogens is 1. The van der Waals surface area contributed by atoms with Crippen LogP contribution in [0.25, 0.3) is 16.6 Å². The molecular formula is C27H34FN7O2S. The van der Waals surface area contributed by atoms with Crippen LogP contribution in [0.15, 0.2) is 52.8 Å². The normalized spacial score (nSPS) is 20.0. The fourth-order valence-electron chi connectivity index (χ4n) is 5.35. The van der Waals surface area contributed by atoms with Crippen LogP contribution in [-0.2, 0) is 10.0 Å². The van der Waals surface area contributed by atoms with Gasteiger partial charge in [-0.15, -0.1) is 5.10 Å². The molecule has 9 nitrogen and oxygen atoms in total. The Balaban J connectivity index is 1.50. The van der Waals surface area contributed by atoms with Crippen molar-refractivity contribution in [3.63, 3.8) is 0 Å². The molecule has 1 aliphatic carbocycles. The number of sulfonamides is 1. The molecule has 2 fully saturated rings. The van der Waals surface area contributed by atoms with Crippen molar-refractivity contribution in [1.82, 2.24) is 24.1 Å². The molecule has 0 radical (unpaired) electrons. The Morgan fingerprint density at radius 1 is 1.21 bits per heavy atom. The third-order valence-corrected chi connectivity index (χ3v) is 9.60. The molecule has 1 saturated carbocycles. The maximum Gasteiger partial charge on any atom is 0.258 e. The van der Waals surface area contributed by atoms with Gasteiger partial charge in [0.05, 0.1) is 17.4 Å². The van der Waals surface area contributed by atoms with E-state index in [4.69, 9.17) is 0 Å². The monoisotopic (exact) mass is 539 g/mol. The number of aromatic nitrogens is 2. The summed E-state index contributed by atoms with van der Waals surface area (Å²) in [5, 5.41) is 14.4. The Morgan fingerprint density at radius 2 is 1.95 bits per heavy atom. The van der Waals surface area contributed by atoms with Gasteiger partial charge in [0.1, 0.15) is 5.82 Å². The van der Waals surface area contributed by atoms with E-state index < -0.39 is 10.0 Å². The molecule has 0 bridgehead atoms. The molecule has 2 aliphatic rings. The van der Waals surface area contributed by atoms with Gasteiger partial charge in [-0.2, -0.15) is 19.6 Å². The highest BCUT2D eigenvalue weighted by molar-refractivity contribution is 8.04. The number of aryl methyl sites for hydroxylation is 1. The molecular weight excluding hydrogens is 505 g/mol. The minimum atomic E-state index is -3.76. The largest absolute Gasteiger partial charge is 0.293 e. The zero-order valence-corrected chi connectivity index (χ0v) is 22.9. The van der Waals surface area contributed by atoms with E-state index in [1.54, 1.807) is 23.9 Å². The zero-order valence-electron chi connectivity index (χ0n) is 22.1. The first-order valence-corrected chi connectivity index (χ1v) is 14.4. The summed E-state index contributed by atoms with van der Waals surface area (Å²) in [6, 6.07) is 10.4. The molecule has 2 aromatic carbocycles. The highest BCUT2D eigenvalue weighted by atomic mass is 32.2. The fraction of sp³-hybridized carbons (Fsp3) is 0.444. The van der Waals surface area contributed by atoms with Crippen LogP contribution in [-0.4, -0.2) is 77.5 Å². The first kappa shape index (κ1) is 26.5. The molecule has 5 rings (SSSR count). The van der Waals surface area contributed by atoms with Gasteiger partial charge in [0.15, 0.2) is 5.04 Å². The lowest BCUT2D eigenvalue weighted by molar-refractivity contribution is 0.0813. The summed E-state index contributed by atoms with van der Waals surface area (Å²) >= 11 is 0. The Bertz CT molecular complexity index is 1460. The van der Waals surface area contributed by atoms with Crippen molar-refractivity contribution >= 4 is 32.7 Å². The van der Waals surface area contributed by atoms with E-state index in [-0.39, 0.29) is 16.9 Å². The van der Waals surface area contributed by atoms with Crippen LogP contribution >= 0.6 is 0 Å². The summed E-state index contributed by atoms with van der Waals surface area (Å²) in [6.45, 7) is 9.31. The fourth-order valence-corrected chi connectivity index (χ4v) is 6.61. The standard InChI is InChI=1S/C27H34FN7O2S/c1-19-14-26-22(16-30-35(26)24-10-8-23(28)9-11-24)15-25(19)27-18-34(13-12-33(27)17-21-6-5-7-21)38(36,37)20(2)31-32(4)29-3/h8-11,14-16,21,27H,3,5-7,12-13,17-18H2,1-2,4H3/b31-20+/t27-/m1/s1. The van der Waals surface area contributed by atoms with Crippen molar-refractivity contribution in [2.75, 3.05) is 33.2 Å². The zero-order chi connectivity index (χ0) is 27.0. The number of nitrogens with zero attached hydrogens (tertiary/aromatic N) is 7. The second kappa shape index (κ2) is 10.5. The third-order valence-electron chi connectivity index (χ3n) is 7.76. The second-order valence-electron chi connectivity index (χ2n) is 10.2. The van der Waals surface area contributed by atoms with Crippen LogP contribution < -0.4 is 0 Å². The predicted octanol–water partition coefficient (Wildman–Crippen LogP) is 4.14. The molecule has 0 spiro atoms. The molecule has 11 heteroatoms. The van der Waals surface area contributed by atoms with Crippen molar-refractivity contribution in [2.45, 2.75) is 39.2 Å². The summed E-state index contributed by atoms with van der Waals surface area (Å²) in [6.07, 6.45) is 5.52. The molecule has 1 aromatic heterocycles. The van der Waals surface area contributed by atoms with Gasteiger partial charge < -0.3 is 0 Å². The van der Waals surface area contributed by atoms with E-state index in [2.05, 4.69) is 46.0 Å². The summed E-state index contributed by atoms with van der Waals surface area (Å²) in [4.78, 5) is 2.44. The topological polar surface area (TPSA) is 86.4 Å². The Kier molecular flexibility index (Phi) is 7.34. The quantitative estimate of drug-likeness (QED) is 0.256. The van der Waals surface area contributed by atoms with Crippen molar-refractivity contribution in [3.05, 3.63) is 59.5 Å². The average molecular weight is 540 g/mol.